The van der Waals surface area contributed by atoms with Crippen LogP contribution in [0.15, 0.2) is 77.6 Å². The molecule has 1 N–H and O–H groups in total. The van der Waals surface area contributed by atoms with Gasteiger partial charge in [0.2, 0.25) is 0 Å². The first-order valence-corrected chi connectivity index (χ1v) is 12.9. The van der Waals surface area contributed by atoms with Crippen molar-refractivity contribution in [1.82, 2.24) is 30.1 Å². The molecule has 39 heavy (non-hydrogen) atoms. The van der Waals surface area contributed by atoms with Crippen LogP contribution < -0.4 is 10.3 Å². The van der Waals surface area contributed by atoms with Gasteiger partial charge in [-0.05, 0) is 71.3 Å². The van der Waals surface area contributed by atoms with Gasteiger partial charge < -0.3 is 9.72 Å². The van der Waals surface area contributed by atoms with Crippen LogP contribution in [-0.2, 0) is 19.6 Å². The fourth-order valence-corrected chi connectivity index (χ4v) is 4.83. The number of nitrogens with zero attached hydrogens (tertiary/aromatic N) is 5. The van der Waals surface area contributed by atoms with Crippen molar-refractivity contribution in [2.24, 2.45) is 0 Å². The maximum atomic E-state index is 13.5. The molecule has 8 nitrogen and oxygen atoms in total. The zero-order chi connectivity index (χ0) is 27.4. The van der Waals surface area contributed by atoms with Crippen LogP contribution in [-0.4, -0.2) is 37.2 Å². The Morgan fingerprint density at radius 3 is 2.46 bits per heavy atom. The van der Waals surface area contributed by atoms with E-state index in [4.69, 9.17) is 4.74 Å². The molecule has 2 heterocycles. The van der Waals surface area contributed by atoms with E-state index in [9.17, 15) is 9.18 Å². The minimum Gasteiger partial charge on any atom is -0.497 e. The van der Waals surface area contributed by atoms with Crippen molar-refractivity contribution >= 4 is 10.9 Å². The standard InChI is InChI=1S/C30H31FN6O2/c1-4-28(29-33-34-35-37(29)18-22-9-11-25(31)12-10-22)36(17-21-7-5-20(2)6-8-21)19-24-15-23-16-26(39-3)13-14-27(23)32-30(24)38/h5-16,28H,4,17-19H2,1-3H3,(H,32,38)/t28-/m1/s1. The molecule has 0 radical (unpaired) electrons. The van der Waals surface area contributed by atoms with Crippen LogP contribution in [0.2, 0.25) is 0 Å². The lowest BCUT2D eigenvalue weighted by Crippen LogP contribution is -2.32. The van der Waals surface area contributed by atoms with E-state index in [1.165, 1.54) is 17.7 Å². The molecule has 5 rings (SSSR count). The summed E-state index contributed by atoms with van der Waals surface area (Å²) >= 11 is 0. The number of benzene rings is 3. The van der Waals surface area contributed by atoms with Gasteiger partial charge in [0.15, 0.2) is 5.82 Å². The van der Waals surface area contributed by atoms with Gasteiger partial charge in [-0.1, -0.05) is 48.9 Å². The third-order valence-corrected chi connectivity index (χ3v) is 6.94. The highest BCUT2D eigenvalue weighted by atomic mass is 19.1. The zero-order valence-corrected chi connectivity index (χ0v) is 22.3. The summed E-state index contributed by atoms with van der Waals surface area (Å²) in [5.74, 6) is 1.13. The number of H-pyrrole nitrogens is 1. The number of methoxy groups -OCH3 is 1. The van der Waals surface area contributed by atoms with Crippen molar-refractivity contribution in [3.8, 4) is 5.75 Å². The summed E-state index contributed by atoms with van der Waals surface area (Å²) in [6.45, 7) is 5.53. The fraction of sp³-hybridized carbons (Fsp3) is 0.267. The Morgan fingerprint density at radius 1 is 1.00 bits per heavy atom. The Morgan fingerprint density at radius 2 is 1.74 bits per heavy atom. The Bertz CT molecular complexity index is 1610. The van der Waals surface area contributed by atoms with E-state index in [0.717, 1.165) is 34.2 Å². The van der Waals surface area contributed by atoms with Crippen LogP contribution in [0, 0.1) is 12.7 Å². The fourth-order valence-electron chi connectivity index (χ4n) is 4.83. The molecule has 3 aromatic carbocycles. The van der Waals surface area contributed by atoms with Gasteiger partial charge in [0, 0.05) is 29.6 Å². The largest absolute Gasteiger partial charge is 0.497 e. The van der Waals surface area contributed by atoms with Gasteiger partial charge in [0.25, 0.3) is 5.56 Å². The highest BCUT2D eigenvalue weighted by Gasteiger charge is 2.26. The number of hydrogen-bond acceptors (Lipinski definition) is 6. The van der Waals surface area contributed by atoms with Crippen LogP contribution in [0.25, 0.3) is 10.9 Å². The summed E-state index contributed by atoms with van der Waals surface area (Å²) in [6.07, 6.45) is 0.717. The van der Waals surface area contributed by atoms with E-state index in [0.29, 0.717) is 31.0 Å². The lowest BCUT2D eigenvalue weighted by atomic mass is 10.1. The summed E-state index contributed by atoms with van der Waals surface area (Å²) < 4.78 is 20.6. The predicted molar refractivity (Wildman–Crippen MR) is 148 cm³/mol. The summed E-state index contributed by atoms with van der Waals surface area (Å²) in [4.78, 5) is 18.4. The van der Waals surface area contributed by atoms with Crippen molar-refractivity contribution in [2.45, 2.75) is 45.9 Å². The summed E-state index contributed by atoms with van der Waals surface area (Å²) in [6, 6.07) is 22.0. The average Bonchev–Trinajstić information content (AvgIpc) is 3.39. The second kappa shape index (κ2) is 11.6. The van der Waals surface area contributed by atoms with E-state index < -0.39 is 0 Å². The molecule has 1 atom stereocenters. The van der Waals surface area contributed by atoms with Gasteiger partial charge in [-0.25, -0.2) is 9.07 Å². The Balaban J connectivity index is 1.52. The van der Waals surface area contributed by atoms with Crippen LogP contribution >= 0.6 is 0 Å². The number of aryl methyl sites for hydroxylation is 1. The molecule has 2 aromatic heterocycles. The highest BCUT2D eigenvalue weighted by molar-refractivity contribution is 5.80. The minimum atomic E-state index is -0.287. The minimum absolute atomic E-state index is 0.137. The normalized spacial score (nSPS) is 12.2. The SMILES string of the molecule is CC[C@H](c1nnnn1Cc1ccc(F)cc1)N(Cc1ccc(C)cc1)Cc1cc2cc(OC)ccc2[nH]c1=O. The first kappa shape index (κ1) is 26.2. The lowest BCUT2D eigenvalue weighted by molar-refractivity contribution is 0.161. The zero-order valence-electron chi connectivity index (χ0n) is 22.3. The number of tetrazole rings is 1. The van der Waals surface area contributed by atoms with Gasteiger partial charge in [0.05, 0.1) is 19.7 Å². The monoisotopic (exact) mass is 526 g/mol. The number of halogens is 1. The number of ether oxygens (including phenoxy) is 1. The number of aromatic nitrogens is 5. The molecule has 0 aliphatic rings. The predicted octanol–water partition coefficient (Wildman–Crippen LogP) is 5.17. The summed E-state index contributed by atoms with van der Waals surface area (Å²) in [7, 11) is 1.62. The Kier molecular flexibility index (Phi) is 7.79. The maximum absolute atomic E-state index is 13.5. The first-order valence-electron chi connectivity index (χ1n) is 12.9. The molecule has 0 fully saturated rings. The molecule has 200 valence electrons. The highest BCUT2D eigenvalue weighted by Crippen LogP contribution is 2.27. The number of nitrogens with one attached hydrogen (secondary N) is 1. The van der Waals surface area contributed by atoms with Gasteiger partial charge in [-0.3, -0.25) is 9.69 Å². The van der Waals surface area contributed by atoms with Crippen molar-refractivity contribution in [2.75, 3.05) is 7.11 Å². The summed E-state index contributed by atoms with van der Waals surface area (Å²) in [5.41, 5.74) is 4.45. The molecule has 0 amide bonds. The molecular weight excluding hydrogens is 495 g/mol. The third-order valence-electron chi connectivity index (χ3n) is 6.94. The van der Waals surface area contributed by atoms with Crippen molar-refractivity contribution in [1.29, 1.82) is 0 Å². The van der Waals surface area contributed by atoms with Gasteiger partial charge in [-0.15, -0.1) is 5.10 Å². The van der Waals surface area contributed by atoms with E-state index in [-0.39, 0.29) is 17.4 Å². The molecule has 0 saturated heterocycles. The topological polar surface area (TPSA) is 88.9 Å². The molecule has 0 unspecified atom stereocenters. The molecule has 0 aliphatic carbocycles. The Hall–Kier alpha value is -4.37. The second-order valence-corrected chi connectivity index (χ2v) is 9.71. The number of fused-ring (bicyclic) bond motifs is 1. The van der Waals surface area contributed by atoms with E-state index in [1.54, 1.807) is 23.9 Å². The van der Waals surface area contributed by atoms with Gasteiger partial charge in [0.1, 0.15) is 11.6 Å². The lowest BCUT2D eigenvalue weighted by Gasteiger charge is -2.30. The Labute approximate surface area is 226 Å². The number of pyridine rings is 1. The molecule has 0 saturated carbocycles. The van der Waals surface area contributed by atoms with E-state index in [1.807, 2.05) is 24.3 Å². The molecule has 0 spiro atoms. The molecule has 0 bridgehead atoms. The molecule has 5 aromatic rings. The third kappa shape index (κ3) is 6.04. The maximum Gasteiger partial charge on any atom is 0.252 e. The van der Waals surface area contributed by atoms with Gasteiger partial charge >= 0.3 is 0 Å². The van der Waals surface area contributed by atoms with Crippen LogP contribution in [0.4, 0.5) is 4.39 Å². The summed E-state index contributed by atoms with van der Waals surface area (Å²) in [5, 5.41) is 13.5. The second-order valence-electron chi connectivity index (χ2n) is 9.71. The number of aromatic amines is 1. The molecule has 0 aliphatic heterocycles. The first-order chi connectivity index (χ1) is 18.9. The van der Waals surface area contributed by atoms with Crippen molar-refractivity contribution < 1.29 is 9.13 Å². The van der Waals surface area contributed by atoms with Crippen LogP contribution in [0.1, 0.15) is 47.5 Å². The molecule has 9 heteroatoms. The molecular formula is C30H31FN6O2. The van der Waals surface area contributed by atoms with Crippen molar-refractivity contribution in [3.63, 3.8) is 0 Å². The average molecular weight is 527 g/mol. The van der Waals surface area contributed by atoms with E-state index in [2.05, 4.69) is 63.5 Å². The van der Waals surface area contributed by atoms with Crippen LogP contribution in [0.5, 0.6) is 5.75 Å². The van der Waals surface area contributed by atoms with Crippen LogP contribution in [0.3, 0.4) is 0 Å². The number of hydrogen-bond donors (Lipinski definition) is 1. The number of rotatable bonds is 10. The van der Waals surface area contributed by atoms with E-state index >= 15 is 0 Å². The smallest absolute Gasteiger partial charge is 0.252 e. The van der Waals surface area contributed by atoms with Gasteiger partial charge in [-0.2, -0.15) is 0 Å². The quantitative estimate of drug-likeness (QED) is 0.270. The van der Waals surface area contributed by atoms with Crippen molar-refractivity contribution in [3.05, 3.63) is 117 Å².